The lowest BCUT2D eigenvalue weighted by atomic mass is 10.0. The fraction of sp³-hybridized carbons (Fsp3) is 0.727. The Morgan fingerprint density at radius 3 is 3.07 bits per heavy atom. The van der Waals surface area contributed by atoms with E-state index in [-0.39, 0.29) is 12.1 Å². The number of nitrogens with zero attached hydrogens (tertiary/aromatic N) is 2. The molecule has 4 heteroatoms. The monoisotopic (exact) mass is 209 g/mol. The lowest BCUT2D eigenvalue weighted by Crippen LogP contribution is -2.36. The third-order valence-corrected chi connectivity index (χ3v) is 2.99. The quantitative estimate of drug-likeness (QED) is 0.800. The first-order valence-electron chi connectivity index (χ1n) is 5.53. The molecule has 0 amide bonds. The second-order valence-corrected chi connectivity index (χ2v) is 4.32. The molecule has 1 saturated heterocycles. The van der Waals surface area contributed by atoms with Crippen molar-refractivity contribution < 1.29 is 4.74 Å². The molecule has 2 atom stereocenters. The lowest BCUT2D eigenvalue weighted by molar-refractivity contribution is 0.0895. The standard InChI is InChI=1S/C11H19N3O/c1-8-6-9(14(2)13-8)7-10(12)11-4-3-5-15-11/h6,10-11H,3-5,7,12H2,1-2H3. The maximum atomic E-state index is 6.12. The minimum atomic E-state index is 0.0994. The molecule has 1 aliphatic heterocycles. The normalized spacial score (nSPS) is 23.3. The van der Waals surface area contributed by atoms with Crippen molar-refractivity contribution in [1.82, 2.24) is 9.78 Å². The van der Waals surface area contributed by atoms with E-state index in [1.54, 1.807) is 0 Å². The highest BCUT2D eigenvalue weighted by atomic mass is 16.5. The summed E-state index contributed by atoms with van der Waals surface area (Å²) in [4.78, 5) is 0. The number of ether oxygens (including phenoxy) is 1. The van der Waals surface area contributed by atoms with Crippen LogP contribution in [0.5, 0.6) is 0 Å². The van der Waals surface area contributed by atoms with Crippen molar-refractivity contribution in [1.29, 1.82) is 0 Å². The van der Waals surface area contributed by atoms with E-state index < -0.39 is 0 Å². The Bertz CT molecular complexity index is 329. The molecule has 84 valence electrons. The maximum Gasteiger partial charge on any atom is 0.0730 e. The van der Waals surface area contributed by atoms with Gasteiger partial charge in [0, 0.05) is 31.8 Å². The molecule has 0 radical (unpaired) electrons. The first-order valence-corrected chi connectivity index (χ1v) is 5.53. The summed E-state index contributed by atoms with van der Waals surface area (Å²) in [5.74, 6) is 0. The Morgan fingerprint density at radius 2 is 2.53 bits per heavy atom. The second-order valence-electron chi connectivity index (χ2n) is 4.32. The van der Waals surface area contributed by atoms with Crippen molar-refractivity contribution in [3.8, 4) is 0 Å². The molecule has 2 heterocycles. The van der Waals surface area contributed by atoms with Gasteiger partial charge >= 0.3 is 0 Å². The minimum Gasteiger partial charge on any atom is -0.377 e. The molecule has 2 unspecified atom stereocenters. The van der Waals surface area contributed by atoms with Crippen LogP contribution < -0.4 is 5.73 Å². The number of aryl methyl sites for hydroxylation is 2. The Kier molecular flexibility index (Phi) is 3.07. The van der Waals surface area contributed by atoms with Gasteiger partial charge < -0.3 is 10.5 Å². The average Bonchev–Trinajstić information content (AvgIpc) is 2.76. The topological polar surface area (TPSA) is 53.1 Å². The highest BCUT2D eigenvalue weighted by Crippen LogP contribution is 2.17. The van der Waals surface area contributed by atoms with Gasteiger partial charge in [0.15, 0.2) is 0 Å². The van der Waals surface area contributed by atoms with Gasteiger partial charge in [0.05, 0.1) is 11.8 Å². The van der Waals surface area contributed by atoms with E-state index in [0.717, 1.165) is 31.6 Å². The highest BCUT2D eigenvalue weighted by Gasteiger charge is 2.23. The number of rotatable bonds is 3. The first kappa shape index (κ1) is 10.6. The van der Waals surface area contributed by atoms with Gasteiger partial charge in [-0.2, -0.15) is 5.10 Å². The van der Waals surface area contributed by atoms with Crippen LogP contribution >= 0.6 is 0 Å². The number of hydrogen-bond acceptors (Lipinski definition) is 3. The Balaban J connectivity index is 1.98. The third kappa shape index (κ3) is 2.38. The van der Waals surface area contributed by atoms with Crippen LogP contribution in [0.2, 0.25) is 0 Å². The smallest absolute Gasteiger partial charge is 0.0730 e. The molecular weight excluding hydrogens is 190 g/mol. The SMILES string of the molecule is Cc1cc(CC(N)C2CCCO2)n(C)n1. The third-order valence-electron chi connectivity index (χ3n) is 2.99. The van der Waals surface area contributed by atoms with Crippen LogP contribution in [0.15, 0.2) is 6.07 Å². The van der Waals surface area contributed by atoms with E-state index in [1.807, 2.05) is 18.7 Å². The van der Waals surface area contributed by atoms with Crippen molar-refractivity contribution >= 4 is 0 Å². The molecule has 0 aliphatic carbocycles. The molecule has 0 aromatic carbocycles. The molecule has 1 aromatic heterocycles. The van der Waals surface area contributed by atoms with Gasteiger partial charge in [-0.15, -0.1) is 0 Å². The molecule has 2 N–H and O–H groups in total. The first-order chi connectivity index (χ1) is 7.16. The number of aromatic nitrogens is 2. The zero-order chi connectivity index (χ0) is 10.8. The largest absolute Gasteiger partial charge is 0.377 e. The zero-order valence-electron chi connectivity index (χ0n) is 9.44. The second kappa shape index (κ2) is 4.33. The minimum absolute atomic E-state index is 0.0994. The molecule has 1 fully saturated rings. The van der Waals surface area contributed by atoms with Gasteiger partial charge in [-0.3, -0.25) is 4.68 Å². The van der Waals surface area contributed by atoms with Gasteiger partial charge in [-0.25, -0.2) is 0 Å². The summed E-state index contributed by atoms with van der Waals surface area (Å²) in [6.07, 6.45) is 3.32. The summed E-state index contributed by atoms with van der Waals surface area (Å²) >= 11 is 0. The molecule has 15 heavy (non-hydrogen) atoms. The maximum absolute atomic E-state index is 6.12. The van der Waals surface area contributed by atoms with E-state index >= 15 is 0 Å². The fourth-order valence-corrected chi connectivity index (χ4v) is 2.17. The molecule has 2 rings (SSSR count). The van der Waals surface area contributed by atoms with Crippen molar-refractivity contribution in [3.05, 3.63) is 17.5 Å². The van der Waals surface area contributed by atoms with Gasteiger partial charge in [-0.1, -0.05) is 0 Å². The molecule has 0 bridgehead atoms. The molecule has 4 nitrogen and oxygen atoms in total. The molecule has 1 aliphatic rings. The van der Waals surface area contributed by atoms with E-state index in [9.17, 15) is 0 Å². The molecule has 1 aromatic rings. The van der Waals surface area contributed by atoms with Crippen molar-refractivity contribution in [2.45, 2.75) is 38.3 Å². The van der Waals surface area contributed by atoms with Crippen LogP contribution in [-0.4, -0.2) is 28.5 Å². The Hall–Kier alpha value is -0.870. The van der Waals surface area contributed by atoms with Gasteiger partial charge in [0.25, 0.3) is 0 Å². The number of hydrogen-bond donors (Lipinski definition) is 1. The van der Waals surface area contributed by atoms with E-state index in [2.05, 4.69) is 11.2 Å². The average molecular weight is 209 g/mol. The summed E-state index contributed by atoms with van der Waals surface area (Å²) in [7, 11) is 1.96. The predicted molar refractivity (Wildman–Crippen MR) is 58.6 cm³/mol. The fourth-order valence-electron chi connectivity index (χ4n) is 2.17. The van der Waals surface area contributed by atoms with Crippen molar-refractivity contribution in [2.24, 2.45) is 12.8 Å². The van der Waals surface area contributed by atoms with Crippen LogP contribution in [0, 0.1) is 6.92 Å². The lowest BCUT2D eigenvalue weighted by Gasteiger charge is -2.18. The van der Waals surface area contributed by atoms with E-state index in [4.69, 9.17) is 10.5 Å². The van der Waals surface area contributed by atoms with Gasteiger partial charge in [0.1, 0.15) is 0 Å². The Morgan fingerprint density at radius 1 is 1.73 bits per heavy atom. The van der Waals surface area contributed by atoms with Crippen molar-refractivity contribution in [3.63, 3.8) is 0 Å². The summed E-state index contributed by atoms with van der Waals surface area (Å²) in [6, 6.07) is 2.19. The van der Waals surface area contributed by atoms with Crippen LogP contribution in [0.25, 0.3) is 0 Å². The van der Waals surface area contributed by atoms with Gasteiger partial charge in [-0.05, 0) is 25.8 Å². The van der Waals surface area contributed by atoms with Gasteiger partial charge in [0.2, 0.25) is 0 Å². The summed E-state index contributed by atoms with van der Waals surface area (Å²) < 4.78 is 7.49. The number of nitrogens with two attached hydrogens (primary N) is 1. The Labute approximate surface area is 90.4 Å². The van der Waals surface area contributed by atoms with Crippen LogP contribution in [0.3, 0.4) is 0 Å². The van der Waals surface area contributed by atoms with E-state index in [0.29, 0.717) is 0 Å². The van der Waals surface area contributed by atoms with Crippen LogP contribution in [0.4, 0.5) is 0 Å². The summed E-state index contributed by atoms with van der Waals surface area (Å²) in [5.41, 5.74) is 8.36. The zero-order valence-corrected chi connectivity index (χ0v) is 9.44. The molecule has 0 saturated carbocycles. The van der Waals surface area contributed by atoms with Crippen molar-refractivity contribution in [2.75, 3.05) is 6.61 Å². The van der Waals surface area contributed by atoms with Crippen LogP contribution in [0.1, 0.15) is 24.2 Å². The van der Waals surface area contributed by atoms with Crippen LogP contribution in [-0.2, 0) is 18.2 Å². The molecular formula is C11H19N3O. The molecule has 0 spiro atoms. The van der Waals surface area contributed by atoms with E-state index in [1.165, 1.54) is 5.69 Å². The highest BCUT2D eigenvalue weighted by molar-refractivity contribution is 5.10. The summed E-state index contributed by atoms with van der Waals surface area (Å²) in [5, 5.41) is 4.31. The predicted octanol–water partition coefficient (Wildman–Crippen LogP) is 0.777. The summed E-state index contributed by atoms with van der Waals surface area (Å²) in [6.45, 7) is 2.86.